The lowest BCUT2D eigenvalue weighted by Crippen LogP contribution is -2.33. The van der Waals surface area contributed by atoms with E-state index >= 15 is 0 Å². The van der Waals surface area contributed by atoms with Gasteiger partial charge in [-0.15, -0.1) is 0 Å². The highest BCUT2D eigenvalue weighted by Crippen LogP contribution is 2.29. The molecule has 1 aromatic rings. The third kappa shape index (κ3) is 3.43. The van der Waals surface area contributed by atoms with E-state index < -0.39 is 17.7 Å². The van der Waals surface area contributed by atoms with Crippen LogP contribution in [0, 0.1) is 11.8 Å². The van der Waals surface area contributed by atoms with Crippen LogP contribution in [0.5, 0.6) is 0 Å². The van der Waals surface area contributed by atoms with Crippen LogP contribution >= 0.6 is 11.8 Å². The quantitative estimate of drug-likeness (QED) is 0.865. The number of aromatic nitrogens is 1. The van der Waals surface area contributed by atoms with E-state index in [1.54, 1.807) is 0 Å². The van der Waals surface area contributed by atoms with E-state index in [0.717, 1.165) is 31.2 Å². The van der Waals surface area contributed by atoms with Crippen LogP contribution < -0.4 is 5.32 Å². The summed E-state index contributed by atoms with van der Waals surface area (Å²) in [7, 11) is 0. The van der Waals surface area contributed by atoms with Crippen molar-refractivity contribution < 1.29 is 13.6 Å². The summed E-state index contributed by atoms with van der Waals surface area (Å²) in [5.74, 6) is -1.93. The highest BCUT2D eigenvalue weighted by Gasteiger charge is 2.27. The van der Waals surface area contributed by atoms with Gasteiger partial charge in [-0.3, -0.25) is 4.79 Å². The first-order chi connectivity index (χ1) is 9.11. The number of amides is 1. The minimum Gasteiger partial charge on any atom is -0.349 e. The van der Waals surface area contributed by atoms with Crippen LogP contribution in [0.3, 0.4) is 0 Å². The fourth-order valence-corrected chi connectivity index (χ4v) is 3.46. The number of thioether (sulfide) groups is 1. The Morgan fingerprint density at radius 2 is 2.32 bits per heavy atom. The first-order valence-electron chi connectivity index (χ1n) is 6.34. The maximum atomic E-state index is 13.4. The molecule has 3 nitrogen and oxygen atoms in total. The van der Waals surface area contributed by atoms with Crippen LogP contribution in [-0.2, 0) is 0 Å². The van der Waals surface area contributed by atoms with Crippen molar-refractivity contribution in [2.45, 2.75) is 37.5 Å². The number of nitrogens with zero attached hydrogens (tertiary/aromatic N) is 1. The molecule has 1 saturated carbocycles. The van der Waals surface area contributed by atoms with Crippen molar-refractivity contribution in [1.82, 2.24) is 10.3 Å². The van der Waals surface area contributed by atoms with Crippen molar-refractivity contribution in [3.05, 3.63) is 29.6 Å². The van der Waals surface area contributed by atoms with Crippen molar-refractivity contribution in [3.8, 4) is 0 Å². The van der Waals surface area contributed by atoms with Gasteiger partial charge in [0.25, 0.3) is 5.91 Å². The third-order valence-corrected chi connectivity index (χ3v) is 4.45. The molecular formula is C13H16F2N2OS. The second-order valence-electron chi connectivity index (χ2n) is 4.52. The van der Waals surface area contributed by atoms with Crippen molar-refractivity contribution in [1.29, 1.82) is 0 Å². The molecule has 1 aliphatic rings. The van der Waals surface area contributed by atoms with Crippen molar-refractivity contribution in [3.63, 3.8) is 0 Å². The van der Waals surface area contributed by atoms with E-state index in [9.17, 15) is 13.6 Å². The first kappa shape index (κ1) is 14.2. The Morgan fingerprint density at radius 3 is 3.05 bits per heavy atom. The number of nitrogens with one attached hydrogen (secondary N) is 1. The molecule has 0 spiro atoms. The maximum Gasteiger partial charge on any atom is 0.254 e. The Kier molecular flexibility index (Phi) is 4.74. The number of hydrogen-bond acceptors (Lipinski definition) is 3. The SMILES string of the molecule is CCSC1CCC(NC(=O)c2ccnc(F)c2F)C1. The molecule has 2 rings (SSSR count). The molecule has 1 fully saturated rings. The molecule has 0 aromatic carbocycles. The van der Waals surface area contributed by atoms with Gasteiger partial charge in [-0.25, -0.2) is 9.37 Å². The van der Waals surface area contributed by atoms with Crippen LogP contribution in [0.15, 0.2) is 12.3 Å². The molecule has 1 heterocycles. The van der Waals surface area contributed by atoms with Crippen LogP contribution in [0.25, 0.3) is 0 Å². The maximum absolute atomic E-state index is 13.4. The number of hydrogen-bond donors (Lipinski definition) is 1. The minimum atomic E-state index is -1.24. The van der Waals surface area contributed by atoms with Gasteiger partial charge in [-0.1, -0.05) is 6.92 Å². The molecule has 0 saturated heterocycles. The zero-order valence-corrected chi connectivity index (χ0v) is 11.5. The molecular weight excluding hydrogens is 270 g/mol. The summed E-state index contributed by atoms with van der Waals surface area (Å²) in [6.07, 6.45) is 3.92. The van der Waals surface area contributed by atoms with Gasteiger partial charge < -0.3 is 5.32 Å². The van der Waals surface area contributed by atoms with Gasteiger partial charge >= 0.3 is 0 Å². The van der Waals surface area contributed by atoms with Gasteiger partial charge in [0.15, 0.2) is 5.82 Å². The molecule has 1 amide bonds. The molecule has 0 aliphatic heterocycles. The molecule has 0 radical (unpaired) electrons. The van der Waals surface area contributed by atoms with E-state index in [1.165, 1.54) is 6.07 Å². The topological polar surface area (TPSA) is 42.0 Å². The second-order valence-corrected chi connectivity index (χ2v) is 6.10. The predicted molar refractivity (Wildman–Crippen MR) is 71.2 cm³/mol. The van der Waals surface area contributed by atoms with Crippen LogP contribution in [0.2, 0.25) is 0 Å². The summed E-state index contributed by atoms with van der Waals surface area (Å²) < 4.78 is 26.4. The normalized spacial score (nSPS) is 22.5. The molecule has 2 atom stereocenters. The zero-order chi connectivity index (χ0) is 13.8. The molecule has 104 valence electrons. The molecule has 1 aromatic heterocycles. The van der Waals surface area contributed by atoms with Gasteiger partial charge in [-0.2, -0.15) is 16.2 Å². The summed E-state index contributed by atoms with van der Waals surface area (Å²) in [6.45, 7) is 2.10. The number of carbonyl (C=O) groups is 1. The fraction of sp³-hybridized carbons (Fsp3) is 0.538. The lowest BCUT2D eigenvalue weighted by atomic mass is 10.2. The molecule has 0 bridgehead atoms. The number of rotatable bonds is 4. The van der Waals surface area contributed by atoms with Gasteiger partial charge in [-0.05, 0) is 31.1 Å². The second kappa shape index (κ2) is 6.32. The Labute approximate surface area is 115 Å². The molecule has 1 aliphatic carbocycles. The highest BCUT2D eigenvalue weighted by atomic mass is 32.2. The molecule has 6 heteroatoms. The van der Waals surface area contributed by atoms with Crippen molar-refractivity contribution >= 4 is 17.7 Å². The predicted octanol–water partition coefficient (Wildman–Crippen LogP) is 2.76. The summed E-state index contributed by atoms with van der Waals surface area (Å²) in [5.41, 5.74) is -0.279. The molecule has 1 N–H and O–H groups in total. The van der Waals surface area contributed by atoms with E-state index in [4.69, 9.17) is 0 Å². The van der Waals surface area contributed by atoms with Crippen molar-refractivity contribution in [2.24, 2.45) is 0 Å². The fourth-order valence-electron chi connectivity index (χ4n) is 2.32. The lowest BCUT2D eigenvalue weighted by Gasteiger charge is -2.13. The third-order valence-electron chi connectivity index (χ3n) is 3.21. The standard InChI is InChI=1S/C13H16F2N2OS/c1-2-19-9-4-3-8(7-9)17-13(18)10-5-6-16-12(15)11(10)14/h5-6,8-9H,2-4,7H2,1H3,(H,17,18). The monoisotopic (exact) mass is 286 g/mol. The van der Waals surface area contributed by atoms with E-state index in [0.29, 0.717) is 5.25 Å². The van der Waals surface area contributed by atoms with E-state index in [2.05, 4.69) is 17.2 Å². The number of carbonyl (C=O) groups excluding carboxylic acids is 1. The van der Waals surface area contributed by atoms with Crippen molar-refractivity contribution in [2.75, 3.05) is 5.75 Å². The highest BCUT2D eigenvalue weighted by molar-refractivity contribution is 7.99. The Hall–Kier alpha value is -1.17. The lowest BCUT2D eigenvalue weighted by molar-refractivity contribution is 0.0932. The number of halogens is 2. The van der Waals surface area contributed by atoms with Gasteiger partial charge in [0.05, 0.1) is 5.56 Å². The summed E-state index contributed by atoms with van der Waals surface area (Å²) in [5, 5.41) is 3.32. The van der Waals surface area contributed by atoms with Crippen LogP contribution in [0.4, 0.5) is 8.78 Å². The van der Waals surface area contributed by atoms with E-state index in [1.807, 2.05) is 11.8 Å². The largest absolute Gasteiger partial charge is 0.349 e. The average Bonchev–Trinajstić information content (AvgIpc) is 2.80. The minimum absolute atomic E-state index is 0.0483. The Morgan fingerprint density at radius 1 is 1.53 bits per heavy atom. The Bertz CT molecular complexity index is 470. The van der Waals surface area contributed by atoms with Crippen LogP contribution in [-0.4, -0.2) is 27.9 Å². The average molecular weight is 286 g/mol. The van der Waals surface area contributed by atoms with Gasteiger partial charge in [0.2, 0.25) is 5.95 Å². The Balaban J connectivity index is 1.97. The smallest absolute Gasteiger partial charge is 0.254 e. The molecule has 19 heavy (non-hydrogen) atoms. The first-order valence-corrected chi connectivity index (χ1v) is 7.39. The number of pyridine rings is 1. The van der Waals surface area contributed by atoms with Gasteiger partial charge in [0, 0.05) is 17.5 Å². The summed E-state index contributed by atoms with van der Waals surface area (Å²) >= 11 is 1.88. The summed E-state index contributed by atoms with van der Waals surface area (Å²) in [6, 6.07) is 1.24. The van der Waals surface area contributed by atoms with E-state index in [-0.39, 0.29) is 11.6 Å². The summed E-state index contributed by atoms with van der Waals surface area (Å²) in [4.78, 5) is 15.1. The zero-order valence-electron chi connectivity index (χ0n) is 10.7. The molecule has 2 unspecified atom stereocenters. The van der Waals surface area contributed by atoms with Gasteiger partial charge in [0.1, 0.15) is 0 Å². The van der Waals surface area contributed by atoms with Crippen LogP contribution in [0.1, 0.15) is 36.5 Å².